The maximum absolute atomic E-state index is 10.7. The van der Waals surface area contributed by atoms with Crippen LogP contribution < -0.4 is 5.73 Å². The summed E-state index contributed by atoms with van der Waals surface area (Å²) in [6, 6.07) is 7.17. The molecule has 3 N–H and O–H groups in total. The Kier molecular flexibility index (Phi) is 2.61. The molecule has 16 heavy (non-hydrogen) atoms. The van der Waals surface area contributed by atoms with Crippen LogP contribution in [-0.4, -0.2) is 26.1 Å². The number of hydrogen-bond donors (Lipinski definition) is 2. The smallest absolute Gasteiger partial charge is 0.360 e. The Labute approximate surface area is 98.8 Å². The second kappa shape index (κ2) is 3.93. The highest BCUT2D eigenvalue weighted by Gasteiger charge is 2.16. The van der Waals surface area contributed by atoms with E-state index in [1.807, 2.05) is 6.07 Å². The molecule has 0 saturated carbocycles. The molecule has 0 bridgehead atoms. The van der Waals surface area contributed by atoms with Crippen LogP contribution in [0, 0.1) is 0 Å². The van der Waals surface area contributed by atoms with Crippen LogP contribution in [0.3, 0.4) is 0 Å². The molecule has 0 aliphatic rings. The summed E-state index contributed by atoms with van der Waals surface area (Å²) < 4.78 is 0.752. The van der Waals surface area contributed by atoms with Crippen LogP contribution in [0.25, 0.3) is 5.69 Å². The molecule has 2 rings (SSSR count). The number of benzene rings is 1. The maximum atomic E-state index is 10.7. The van der Waals surface area contributed by atoms with E-state index in [1.54, 1.807) is 18.2 Å². The Morgan fingerprint density at radius 1 is 1.38 bits per heavy atom. The minimum Gasteiger partial charge on any atom is -0.476 e. The summed E-state index contributed by atoms with van der Waals surface area (Å²) in [6.45, 7) is 0. The summed E-state index contributed by atoms with van der Waals surface area (Å²) in [6.07, 6.45) is 0. The van der Waals surface area contributed by atoms with Gasteiger partial charge in [-0.25, -0.2) is 4.79 Å². The Morgan fingerprint density at radius 2 is 2.06 bits per heavy atom. The largest absolute Gasteiger partial charge is 0.476 e. The normalized spacial score (nSPS) is 10.3. The molecule has 1 aromatic heterocycles. The van der Waals surface area contributed by atoms with Gasteiger partial charge in [-0.15, -0.1) is 15.0 Å². The highest BCUT2D eigenvalue weighted by atomic mass is 79.9. The zero-order valence-corrected chi connectivity index (χ0v) is 9.55. The van der Waals surface area contributed by atoms with Crippen molar-refractivity contribution in [2.75, 3.05) is 5.73 Å². The molecule has 0 aliphatic heterocycles. The van der Waals surface area contributed by atoms with Crippen molar-refractivity contribution in [2.24, 2.45) is 0 Å². The molecule has 0 fully saturated rings. The lowest BCUT2D eigenvalue weighted by molar-refractivity contribution is 0.0691. The van der Waals surface area contributed by atoms with Gasteiger partial charge in [0.05, 0.1) is 5.69 Å². The molecule has 7 heteroatoms. The van der Waals surface area contributed by atoms with E-state index in [0.717, 1.165) is 4.47 Å². The quantitative estimate of drug-likeness (QED) is 0.866. The summed E-state index contributed by atoms with van der Waals surface area (Å²) in [5.41, 5.74) is 5.81. The molecule has 0 atom stereocenters. The molecule has 0 radical (unpaired) electrons. The van der Waals surface area contributed by atoms with Crippen molar-refractivity contribution in [2.45, 2.75) is 0 Å². The monoisotopic (exact) mass is 282 g/mol. The number of hydrogen-bond acceptors (Lipinski definition) is 4. The number of nitrogens with zero attached hydrogens (tertiary/aromatic N) is 3. The third-order valence-corrected chi connectivity index (χ3v) is 2.58. The van der Waals surface area contributed by atoms with Crippen LogP contribution in [0.5, 0.6) is 0 Å². The van der Waals surface area contributed by atoms with Crippen molar-refractivity contribution in [1.82, 2.24) is 15.0 Å². The second-order valence-corrected chi connectivity index (χ2v) is 3.83. The first-order valence-corrected chi connectivity index (χ1v) is 5.10. The molecule has 0 unspecified atom stereocenters. The van der Waals surface area contributed by atoms with Gasteiger partial charge in [0.15, 0.2) is 5.82 Å². The van der Waals surface area contributed by atoms with Crippen molar-refractivity contribution in [3.8, 4) is 5.69 Å². The van der Waals surface area contributed by atoms with E-state index in [1.165, 1.54) is 4.80 Å². The van der Waals surface area contributed by atoms with Crippen LogP contribution in [-0.2, 0) is 0 Å². The molecule has 82 valence electrons. The predicted octanol–water partition coefficient (Wildman–Crippen LogP) is 1.31. The van der Waals surface area contributed by atoms with Crippen LogP contribution in [0.2, 0.25) is 0 Å². The number of aromatic carboxylic acids is 1. The average molecular weight is 283 g/mol. The zero-order valence-electron chi connectivity index (χ0n) is 7.96. The van der Waals surface area contributed by atoms with Gasteiger partial charge in [0.1, 0.15) is 0 Å². The van der Waals surface area contributed by atoms with Crippen molar-refractivity contribution in [3.63, 3.8) is 0 Å². The summed E-state index contributed by atoms with van der Waals surface area (Å²) >= 11 is 3.31. The highest BCUT2D eigenvalue weighted by molar-refractivity contribution is 9.10. The van der Waals surface area contributed by atoms with Crippen molar-refractivity contribution in [3.05, 3.63) is 34.4 Å². The lowest BCUT2D eigenvalue weighted by Gasteiger charge is -2.00. The molecule has 0 saturated heterocycles. The summed E-state index contributed by atoms with van der Waals surface area (Å²) in [5.74, 6) is -1.31. The number of carbonyl (C=O) groups is 1. The van der Waals surface area contributed by atoms with Crippen LogP contribution in [0.4, 0.5) is 5.82 Å². The van der Waals surface area contributed by atoms with Crippen molar-refractivity contribution >= 4 is 27.7 Å². The number of aromatic nitrogens is 3. The number of carboxylic acid groups (broad SMARTS) is 1. The lowest BCUT2D eigenvalue weighted by atomic mass is 10.3. The topological polar surface area (TPSA) is 94.0 Å². The van der Waals surface area contributed by atoms with Gasteiger partial charge in [-0.05, 0) is 28.1 Å². The number of rotatable bonds is 2. The fourth-order valence-electron chi connectivity index (χ4n) is 1.19. The van der Waals surface area contributed by atoms with Gasteiger partial charge in [0, 0.05) is 4.47 Å². The molecule has 6 nitrogen and oxygen atoms in total. The van der Waals surface area contributed by atoms with Gasteiger partial charge < -0.3 is 10.8 Å². The van der Waals surface area contributed by atoms with Crippen LogP contribution >= 0.6 is 15.9 Å². The van der Waals surface area contributed by atoms with E-state index in [4.69, 9.17) is 10.8 Å². The Hall–Kier alpha value is -1.89. The third-order valence-electron chi connectivity index (χ3n) is 1.91. The summed E-state index contributed by atoms with van der Waals surface area (Å²) in [7, 11) is 0. The number of nitrogen functional groups attached to an aromatic ring is 1. The van der Waals surface area contributed by atoms with Crippen LogP contribution in [0.1, 0.15) is 10.5 Å². The Bertz CT molecular complexity index is 552. The predicted molar refractivity (Wildman–Crippen MR) is 60.4 cm³/mol. The minimum atomic E-state index is -1.20. The Morgan fingerprint density at radius 3 is 2.62 bits per heavy atom. The molecular weight excluding hydrogens is 276 g/mol. The minimum absolute atomic E-state index is 0.108. The third kappa shape index (κ3) is 1.76. The fraction of sp³-hybridized carbons (Fsp3) is 0. The van der Waals surface area contributed by atoms with Gasteiger partial charge in [-0.1, -0.05) is 12.1 Å². The molecule has 1 aromatic carbocycles. The second-order valence-electron chi connectivity index (χ2n) is 2.98. The van der Waals surface area contributed by atoms with Gasteiger partial charge in [0.25, 0.3) is 0 Å². The number of anilines is 1. The zero-order chi connectivity index (χ0) is 11.7. The van der Waals surface area contributed by atoms with Gasteiger partial charge in [0.2, 0.25) is 5.69 Å². The first-order valence-electron chi connectivity index (χ1n) is 4.30. The highest BCUT2D eigenvalue weighted by Crippen LogP contribution is 2.20. The van der Waals surface area contributed by atoms with Crippen molar-refractivity contribution in [1.29, 1.82) is 0 Å². The van der Waals surface area contributed by atoms with Crippen LogP contribution in [0.15, 0.2) is 28.7 Å². The maximum Gasteiger partial charge on any atom is 0.360 e. The lowest BCUT2D eigenvalue weighted by Crippen LogP contribution is -2.03. The van der Waals surface area contributed by atoms with Crippen molar-refractivity contribution < 1.29 is 9.90 Å². The van der Waals surface area contributed by atoms with Gasteiger partial charge >= 0.3 is 5.97 Å². The molecular formula is C9H7BrN4O2. The fourth-order valence-corrected chi connectivity index (χ4v) is 1.64. The standard InChI is InChI=1S/C9H7BrN4O2/c10-5-3-1-2-4-6(5)14-12-7(9(15)16)8(11)13-14/h1-4H,(H2,11,13)(H,15,16). The molecule has 0 amide bonds. The molecule has 2 aromatic rings. The molecule has 0 spiro atoms. The van der Waals surface area contributed by atoms with E-state index < -0.39 is 5.97 Å². The van der Waals surface area contributed by atoms with E-state index in [0.29, 0.717) is 5.69 Å². The summed E-state index contributed by atoms with van der Waals surface area (Å²) in [4.78, 5) is 11.9. The number of carboxylic acids is 1. The van der Waals surface area contributed by atoms with E-state index in [2.05, 4.69) is 26.1 Å². The van der Waals surface area contributed by atoms with Gasteiger partial charge in [-0.2, -0.15) is 0 Å². The Balaban J connectivity index is 2.54. The van der Waals surface area contributed by atoms with E-state index >= 15 is 0 Å². The van der Waals surface area contributed by atoms with E-state index in [9.17, 15) is 4.79 Å². The first-order chi connectivity index (χ1) is 7.59. The number of nitrogens with two attached hydrogens (primary N) is 1. The van der Waals surface area contributed by atoms with Gasteiger partial charge in [-0.3, -0.25) is 0 Å². The van der Waals surface area contributed by atoms with E-state index in [-0.39, 0.29) is 11.5 Å². The SMILES string of the molecule is Nc1nn(-c2ccccc2Br)nc1C(=O)O. The molecule has 1 heterocycles. The molecule has 0 aliphatic carbocycles. The first kappa shape index (κ1) is 10.6. The summed E-state index contributed by atoms with van der Waals surface area (Å²) in [5, 5.41) is 16.4. The average Bonchev–Trinajstić information content (AvgIpc) is 2.61. The number of halogens is 1. The number of para-hydroxylation sites is 1.